The van der Waals surface area contributed by atoms with E-state index in [2.05, 4.69) is 26.7 Å². The molecular formula is C23H22F2N6O2. The molecule has 4 rings (SSSR count). The lowest BCUT2D eigenvalue weighted by Gasteiger charge is -2.31. The van der Waals surface area contributed by atoms with Crippen molar-refractivity contribution < 1.29 is 18.6 Å². The molecule has 0 saturated carbocycles. The summed E-state index contributed by atoms with van der Waals surface area (Å²) in [4.78, 5) is 8.15. The number of halogens is 2. The van der Waals surface area contributed by atoms with E-state index >= 15 is 0 Å². The van der Waals surface area contributed by atoms with Crippen molar-refractivity contribution >= 4 is 5.57 Å². The molecule has 2 heterocycles. The smallest absolute Gasteiger partial charge is 0.160 e. The molecule has 1 N–H and O–H groups in total. The van der Waals surface area contributed by atoms with E-state index in [1.807, 2.05) is 6.92 Å². The van der Waals surface area contributed by atoms with Crippen LogP contribution in [-0.2, 0) is 23.6 Å². The predicted molar refractivity (Wildman–Crippen MR) is 116 cm³/mol. The van der Waals surface area contributed by atoms with E-state index in [-0.39, 0.29) is 24.4 Å². The quantitative estimate of drug-likeness (QED) is 0.419. The van der Waals surface area contributed by atoms with E-state index in [0.717, 1.165) is 17.7 Å². The summed E-state index contributed by atoms with van der Waals surface area (Å²) in [6.45, 7) is 6.57. The minimum Gasteiger partial charge on any atom is -0.378 e. The fraction of sp³-hybridized carbons (Fsp3) is 0.217. The molecule has 4 aromatic rings. The third kappa shape index (κ3) is 4.57. The maximum Gasteiger partial charge on any atom is 0.160 e. The zero-order chi connectivity index (χ0) is 23.4. The molecule has 170 valence electrons. The average molecular weight is 452 g/mol. The largest absolute Gasteiger partial charge is 0.378 e. The molecule has 8 nitrogen and oxygen atoms in total. The van der Waals surface area contributed by atoms with Gasteiger partial charge in [-0.2, -0.15) is 10.2 Å². The number of hydrogen-bond acceptors (Lipinski definition) is 6. The highest BCUT2D eigenvalue weighted by Crippen LogP contribution is 2.38. The van der Waals surface area contributed by atoms with Gasteiger partial charge in [-0.1, -0.05) is 30.8 Å². The van der Waals surface area contributed by atoms with Crippen LogP contribution in [0.3, 0.4) is 0 Å². The molecule has 0 saturated heterocycles. The first-order chi connectivity index (χ1) is 15.9. The summed E-state index contributed by atoms with van der Waals surface area (Å²) in [5, 5.41) is 19.8. The molecule has 0 amide bonds. The topological polar surface area (TPSA) is 90.9 Å². The Morgan fingerprint density at radius 2 is 1.91 bits per heavy atom. The van der Waals surface area contributed by atoms with Crippen LogP contribution in [0.25, 0.3) is 17.0 Å². The van der Waals surface area contributed by atoms with Crippen LogP contribution < -0.4 is 0 Å². The van der Waals surface area contributed by atoms with Gasteiger partial charge in [0.15, 0.2) is 5.82 Å². The summed E-state index contributed by atoms with van der Waals surface area (Å²) in [5.74, 6) is -1.02. The third-order valence-corrected chi connectivity index (χ3v) is 5.26. The van der Waals surface area contributed by atoms with Crippen molar-refractivity contribution in [3.8, 4) is 11.4 Å². The maximum atomic E-state index is 14.7. The highest BCUT2D eigenvalue weighted by molar-refractivity contribution is 5.73. The lowest BCUT2D eigenvalue weighted by molar-refractivity contribution is 0.0726. The lowest BCUT2D eigenvalue weighted by Crippen LogP contribution is -2.34. The molecule has 2 aromatic carbocycles. The van der Waals surface area contributed by atoms with E-state index in [1.165, 1.54) is 29.7 Å². The van der Waals surface area contributed by atoms with Crippen molar-refractivity contribution in [1.82, 2.24) is 29.5 Å². The minimum atomic E-state index is -1.91. The van der Waals surface area contributed by atoms with E-state index in [4.69, 9.17) is 4.74 Å². The Hall–Kier alpha value is -3.76. The van der Waals surface area contributed by atoms with Crippen molar-refractivity contribution in [2.75, 3.05) is 6.61 Å². The van der Waals surface area contributed by atoms with Crippen LogP contribution in [0, 0.1) is 11.6 Å². The monoisotopic (exact) mass is 452 g/mol. The number of rotatable bonds is 9. The second kappa shape index (κ2) is 9.39. The Bertz CT molecular complexity index is 1240. The van der Waals surface area contributed by atoms with Crippen LogP contribution >= 0.6 is 0 Å². The molecule has 1 atom stereocenters. The Morgan fingerprint density at radius 3 is 2.58 bits per heavy atom. The Kier molecular flexibility index (Phi) is 6.38. The van der Waals surface area contributed by atoms with E-state index in [9.17, 15) is 13.9 Å². The standard InChI is InChI=1S/C23H22F2N6O2/c1-3-33-15-31-22(27-13-29-31)18-6-4-17(5-7-18)16(2)23(32,11-30-14-26-12-28-30)20-9-8-19(24)10-21(20)25/h4-10,12-14,32H,2-3,11,15H2,1H3. The molecule has 0 radical (unpaired) electrons. The Morgan fingerprint density at radius 1 is 1.12 bits per heavy atom. The molecule has 0 aliphatic carbocycles. The molecule has 33 heavy (non-hydrogen) atoms. The molecule has 0 aliphatic heterocycles. The fourth-order valence-electron chi connectivity index (χ4n) is 3.54. The van der Waals surface area contributed by atoms with E-state index in [1.54, 1.807) is 28.9 Å². The second-order valence-electron chi connectivity index (χ2n) is 7.34. The highest BCUT2D eigenvalue weighted by atomic mass is 19.1. The molecule has 0 fully saturated rings. The van der Waals surface area contributed by atoms with Gasteiger partial charge in [-0.05, 0) is 30.2 Å². The van der Waals surface area contributed by atoms with Crippen LogP contribution in [0.1, 0.15) is 18.1 Å². The van der Waals surface area contributed by atoms with Crippen LogP contribution in [0.2, 0.25) is 0 Å². The van der Waals surface area contributed by atoms with Crippen LogP contribution in [0.15, 0.2) is 68.0 Å². The van der Waals surface area contributed by atoms with Gasteiger partial charge in [0.05, 0.1) is 6.54 Å². The second-order valence-corrected chi connectivity index (χ2v) is 7.34. The van der Waals surface area contributed by atoms with Crippen molar-refractivity contribution in [3.63, 3.8) is 0 Å². The van der Waals surface area contributed by atoms with Gasteiger partial charge in [0.1, 0.15) is 42.9 Å². The number of benzene rings is 2. The van der Waals surface area contributed by atoms with Gasteiger partial charge < -0.3 is 9.84 Å². The summed E-state index contributed by atoms with van der Waals surface area (Å²) in [6, 6.07) is 10.1. The number of nitrogens with zero attached hydrogens (tertiary/aromatic N) is 6. The van der Waals surface area contributed by atoms with Crippen molar-refractivity contribution in [2.24, 2.45) is 0 Å². The highest BCUT2D eigenvalue weighted by Gasteiger charge is 2.37. The molecular weight excluding hydrogens is 430 g/mol. The van der Waals surface area contributed by atoms with Gasteiger partial charge in [-0.25, -0.2) is 28.1 Å². The molecule has 0 aliphatic rings. The molecule has 0 spiro atoms. The van der Waals surface area contributed by atoms with E-state index in [0.29, 0.717) is 18.0 Å². The van der Waals surface area contributed by atoms with Gasteiger partial charge in [-0.15, -0.1) is 0 Å². The molecule has 2 aromatic heterocycles. The normalized spacial score (nSPS) is 13.1. The predicted octanol–water partition coefficient (Wildman–Crippen LogP) is 3.41. The summed E-state index contributed by atoms with van der Waals surface area (Å²) in [6.07, 6.45) is 4.14. The maximum absolute atomic E-state index is 14.7. The summed E-state index contributed by atoms with van der Waals surface area (Å²) in [7, 11) is 0. The van der Waals surface area contributed by atoms with Crippen LogP contribution in [0.5, 0.6) is 0 Å². The number of aromatic nitrogens is 6. The zero-order valence-corrected chi connectivity index (χ0v) is 17.9. The first-order valence-corrected chi connectivity index (χ1v) is 10.2. The Balaban J connectivity index is 1.69. The summed E-state index contributed by atoms with van der Waals surface area (Å²) < 4.78 is 36.7. The van der Waals surface area contributed by atoms with Crippen LogP contribution in [0.4, 0.5) is 8.78 Å². The molecule has 1 unspecified atom stereocenters. The van der Waals surface area contributed by atoms with Crippen molar-refractivity contribution in [3.05, 3.63) is 90.8 Å². The van der Waals surface area contributed by atoms with Gasteiger partial charge in [-0.3, -0.25) is 0 Å². The Labute approximate surface area is 188 Å². The van der Waals surface area contributed by atoms with Crippen molar-refractivity contribution in [1.29, 1.82) is 0 Å². The van der Waals surface area contributed by atoms with Crippen molar-refractivity contribution in [2.45, 2.75) is 25.8 Å². The third-order valence-electron chi connectivity index (χ3n) is 5.26. The first kappa shape index (κ1) is 22.4. The van der Waals surface area contributed by atoms with Crippen LogP contribution in [-0.4, -0.2) is 41.2 Å². The van der Waals surface area contributed by atoms with Gasteiger partial charge >= 0.3 is 0 Å². The fourth-order valence-corrected chi connectivity index (χ4v) is 3.54. The summed E-state index contributed by atoms with van der Waals surface area (Å²) >= 11 is 0. The zero-order valence-electron chi connectivity index (χ0n) is 17.9. The summed E-state index contributed by atoms with van der Waals surface area (Å²) in [5.41, 5.74) is -0.490. The first-order valence-electron chi connectivity index (χ1n) is 10.2. The lowest BCUT2D eigenvalue weighted by atomic mass is 9.82. The van der Waals surface area contributed by atoms with E-state index < -0.39 is 17.2 Å². The van der Waals surface area contributed by atoms with Gasteiger partial charge in [0.2, 0.25) is 0 Å². The molecule has 10 heteroatoms. The SMILES string of the molecule is C=C(c1ccc(-c2ncnn2COCC)cc1)C(O)(Cn1cncn1)c1ccc(F)cc1F. The van der Waals surface area contributed by atoms with Gasteiger partial charge in [0.25, 0.3) is 0 Å². The number of hydrogen-bond donors (Lipinski definition) is 1. The van der Waals surface area contributed by atoms with Gasteiger partial charge in [0, 0.05) is 23.8 Å². The minimum absolute atomic E-state index is 0.120. The molecule has 0 bridgehead atoms. The number of ether oxygens (including phenoxy) is 1. The average Bonchev–Trinajstić information content (AvgIpc) is 3.49. The number of aliphatic hydroxyl groups is 1.